The van der Waals surface area contributed by atoms with E-state index in [4.69, 9.17) is 0 Å². The Morgan fingerprint density at radius 1 is 0.741 bits per heavy atom. The molecular formula is C25H32N2. The van der Waals surface area contributed by atoms with Gasteiger partial charge >= 0.3 is 0 Å². The number of para-hydroxylation sites is 1. The van der Waals surface area contributed by atoms with E-state index in [1.54, 1.807) is 11.1 Å². The third-order valence-corrected chi connectivity index (χ3v) is 7.66. The molecule has 2 heteroatoms. The Labute approximate surface area is 164 Å². The quantitative estimate of drug-likeness (QED) is 0.550. The lowest BCUT2D eigenvalue weighted by molar-refractivity contribution is 0.331. The standard InChI is InChI=1S/C25H32N2/c1-23(2)11-12-24(3,4)18-14-21-19(13-17(18)23)25(5,6)16-9-8-10-20-22(16)27(21)15-26(20)7/h8-10,13-14H,11-12,15H2,1-7H3. The highest BCUT2D eigenvalue weighted by atomic mass is 15.4. The molecular weight excluding hydrogens is 328 g/mol. The molecule has 0 spiro atoms. The van der Waals surface area contributed by atoms with Gasteiger partial charge in [-0.05, 0) is 58.1 Å². The van der Waals surface area contributed by atoms with Gasteiger partial charge in [0.25, 0.3) is 0 Å². The smallest absolute Gasteiger partial charge is 0.0950 e. The molecule has 0 fully saturated rings. The summed E-state index contributed by atoms with van der Waals surface area (Å²) in [6.45, 7) is 15.5. The molecule has 0 radical (unpaired) electrons. The summed E-state index contributed by atoms with van der Waals surface area (Å²) in [5.41, 5.74) is 10.8. The largest absolute Gasteiger partial charge is 0.355 e. The fourth-order valence-corrected chi connectivity index (χ4v) is 5.65. The summed E-state index contributed by atoms with van der Waals surface area (Å²) < 4.78 is 0. The van der Waals surface area contributed by atoms with Crippen molar-refractivity contribution in [2.45, 2.75) is 70.6 Å². The summed E-state index contributed by atoms with van der Waals surface area (Å²) in [5, 5.41) is 0. The molecule has 0 atom stereocenters. The van der Waals surface area contributed by atoms with Crippen LogP contribution in [0, 0.1) is 0 Å². The minimum absolute atomic E-state index is 0.0229. The van der Waals surface area contributed by atoms with Gasteiger partial charge < -0.3 is 9.80 Å². The van der Waals surface area contributed by atoms with Gasteiger partial charge in [0, 0.05) is 18.2 Å². The maximum Gasteiger partial charge on any atom is 0.0950 e. The van der Waals surface area contributed by atoms with E-state index < -0.39 is 0 Å². The van der Waals surface area contributed by atoms with Crippen molar-refractivity contribution < 1.29 is 0 Å². The Bertz CT molecular complexity index is 965. The first-order valence-electron chi connectivity index (χ1n) is 10.4. The van der Waals surface area contributed by atoms with Crippen LogP contribution in [0.1, 0.15) is 76.6 Å². The molecule has 0 bridgehead atoms. The molecule has 2 heterocycles. The van der Waals surface area contributed by atoms with Crippen molar-refractivity contribution in [2.75, 3.05) is 23.5 Å². The van der Waals surface area contributed by atoms with Gasteiger partial charge in [0.2, 0.25) is 0 Å². The Morgan fingerprint density at radius 3 is 2.04 bits per heavy atom. The van der Waals surface area contributed by atoms with Gasteiger partial charge in [0.15, 0.2) is 0 Å². The van der Waals surface area contributed by atoms with Crippen molar-refractivity contribution >= 4 is 17.1 Å². The number of hydrogen-bond acceptors (Lipinski definition) is 2. The summed E-state index contributed by atoms with van der Waals surface area (Å²) in [6, 6.07) is 12.0. The first kappa shape index (κ1) is 17.2. The predicted octanol–water partition coefficient (Wildman–Crippen LogP) is 6.22. The average Bonchev–Trinajstić information content (AvgIpc) is 2.94. The van der Waals surface area contributed by atoms with Crippen LogP contribution >= 0.6 is 0 Å². The van der Waals surface area contributed by atoms with Crippen LogP contribution in [0.5, 0.6) is 0 Å². The molecule has 2 aromatic carbocycles. The van der Waals surface area contributed by atoms with Crippen molar-refractivity contribution in [3.05, 3.63) is 52.6 Å². The van der Waals surface area contributed by atoms with E-state index in [0.29, 0.717) is 0 Å². The molecule has 3 aliphatic rings. The third-order valence-electron chi connectivity index (χ3n) is 7.66. The fraction of sp³-hybridized carbons (Fsp3) is 0.520. The minimum atomic E-state index is 0.0229. The molecule has 2 aliphatic heterocycles. The van der Waals surface area contributed by atoms with E-state index in [-0.39, 0.29) is 16.2 Å². The second-order valence-electron chi connectivity index (χ2n) is 10.7. The highest BCUT2D eigenvalue weighted by Crippen LogP contribution is 2.57. The Hall–Kier alpha value is -1.96. The number of benzene rings is 2. The van der Waals surface area contributed by atoms with E-state index in [9.17, 15) is 0 Å². The van der Waals surface area contributed by atoms with Crippen LogP contribution in [0.2, 0.25) is 0 Å². The molecule has 2 aromatic rings. The first-order valence-corrected chi connectivity index (χ1v) is 10.4. The Balaban J connectivity index is 1.84. The van der Waals surface area contributed by atoms with Crippen molar-refractivity contribution in [2.24, 2.45) is 0 Å². The van der Waals surface area contributed by atoms with E-state index in [2.05, 4.69) is 88.7 Å². The molecule has 0 unspecified atom stereocenters. The molecule has 2 nitrogen and oxygen atoms in total. The maximum absolute atomic E-state index is 2.57. The lowest BCUT2D eigenvalue weighted by Gasteiger charge is -2.46. The average molecular weight is 361 g/mol. The maximum atomic E-state index is 2.57. The van der Waals surface area contributed by atoms with Crippen molar-refractivity contribution in [3.8, 4) is 0 Å². The molecule has 1 aliphatic carbocycles. The van der Waals surface area contributed by atoms with Gasteiger partial charge in [-0.1, -0.05) is 59.7 Å². The SMILES string of the molecule is CN1CN2c3cc4c(cc3C(C)(C)c3cccc1c32)C(C)(C)CCC4(C)C. The molecule has 0 N–H and O–H groups in total. The second kappa shape index (κ2) is 4.90. The van der Waals surface area contributed by atoms with Crippen LogP contribution in [0.3, 0.4) is 0 Å². The number of anilines is 3. The number of hydrogen-bond donors (Lipinski definition) is 0. The number of rotatable bonds is 0. The van der Waals surface area contributed by atoms with E-state index in [1.807, 2.05) is 0 Å². The number of fused-ring (bicyclic) bond motifs is 3. The summed E-state index contributed by atoms with van der Waals surface area (Å²) in [5.74, 6) is 0. The fourth-order valence-electron chi connectivity index (χ4n) is 5.65. The van der Waals surface area contributed by atoms with E-state index >= 15 is 0 Å². The van der Waals surface area contributed by atoms with Crippen molar-refractivity contribution in [1.82, 2.24) is 0 Å². The Kier molecular flexibility index (Phi) is 3.11. The molecule has 0 amide bonds. The molecule has 0 aromatic heterocycles. The minimum Gasteiger partial charge on any atom is -0.355 e. The second-order valence-corrected chi connectivity index (χ2v) is 10.7. The third kappa shape index (κ3) is 2.07. The lowest BCUT2D eigenvalue weighted by Crippen LogP contribution is -2.38. The molecule has 27 heavy (non-hydrogen) atoms. The normalized spacial score (nSPS) is 22.9. The zero-order valence-corrected chi connectivity index (χ0v) is 17.9. The van der Waals surface area contributed by atoms with Gasteiger partial charge in [0.05, 0.1) is 18.0 Å². The summed E-state index contributed by atoms with van der Waals surface area (Å²) >= 11 is 0. The first-order chi connectivity index (χ1) is 12.5. The number of nitrogens with zero attached hydrogens (tertiary/aromatic N) is 2. The lowest BCUT2D eigenvalue weighted by atomic mass is 9.61. The van der Waals surface area contributed by atoms with Crippen LogP contribution in [0.15, 0.2) is 30.3 Å². The highest BCUT2D eigenvalue weighted by Gasteiger charge is 2.44. The summed E-state index contributed by atoms with van der Waals surface area (Å²) in [6.07, 6.45) is 2.52. The van der Waals surface area contributed by atoms with Crippen LogP contribution in [-0.2, 0) is 16.2 Å². The van der Waals surface area contributed by atoms with Gasteiger partial charge in [-0.3, -0.25) is 0 Å². The predicted molar refractivity (Wildman–Crippen MR) is 116 cm³/mol. The van der Waals surface area contributed by atoms with Crippen LogP contribution in [0.25, 0.3) is 0 Å². The van der Waals surface area contributed by atoms with Crippen LogP contribution < -0.4 is 9.80 Å². The zero-order valence-electron chi connectivity index (χ0n) is 17.9. The molecule has 142 valence electrons. The van der Waals surface area contributed by atoms with Crippen LogP contribution in [0.4, 0.5) is 17.1 Å². The molecule has 0 saturated heterocycles. The van der Waals surface area contributed by atoms with Crippen molar-refractivity contribution in [3.63, 3.8) is 0 Å². The topological polar surface area (TPSA) is 6.48 Å². The Morgan fingerprint density at radius 2 is 1.37 bits per heavy atom. The zero-order chi connectivity index (χ0) is 19.4. The van der Waals surface area contributed by atoms with Gasteiger partial charge in [-0.15, -0.1) is 0 Å². The van der Waals surface area contributed by atoms with Crippen LogP contribution in [-0.4, -0.2) is 13.7 Å². The summed E-state index contributed by atoms with van der Waals surface area (Å²) in [7, 11) is 2.21. The summed E-state index contributed by atoms with van der Waals surface area (Å²) in [4.78, 5) is 4.95. The highest BCUT2D eigenvalue weighted by molar-refractivity contribution is 5.90. The molecule has 0 saturated carbocycles. The van der Waals surface area contributed by atoms with E-state index in [1.165, 1.54) is 41.0 Å². The monoisotopic (exact) mass is 360 g/mol. The van der Waals surface area contributed by atoms with Gasteiger partial charge in [0.1, 0.15) is 0 Å². The van der Waals surface area contributed by atoms with Gasteiger partial charge in [-0.25, -0.2) is 0 Å². The van der Waals surface area contributed by atoms with E-state index in [0.717, 1.165) is 6.67 Å². The van der Waals surface area contributed by atoms with Gasteiger partial charge in [-0.2, -0.15) is 0 Å². The molecule has 5 rings (SSSR count). The van der Waals surface area contributed by atoms with Crippen molar-refractivity contribution in [1.29, 1.82) is 0 Å².